The number of benzene rings is 11. The molecule has 0 atom stereocenters. The van der Waals surface area contributed by atoms with E-state index in [0.29, 0.717) is 0 Å². The van der Waals surface area contributed by atoms with Crippen molar-refractivity contribution < 1.29 is 0 Å². The van der Waals surface area contributed by atoms with Crippen molar-refractivity contribution in [1.82, 2.24) is 0 Å². The average Bonchev–Trinajstić information content (AvgIpc) is 3.30. The first-order valence-electron chi connectivity index (χ1n) is 19.7. The summed E-state index contributed by atoms with van der Waals surface area (Å²) in [6, 6.07) is 82.0. The highest BCUT2D eigenvalue weighted by Gasteiger charge is 2.19. The molecule has 0 radical (unpaired) electrons. The molecule has 0 heterocycles. The Labute approximate surface area is 332 Å². The second-order valence-corrected chi connectivity index (χ2v) is 14.9. The third kappa shape index (κ3) is 5.63. The van der Waals surface area contributed by atoms with E-state index in [0.717, 1.165) is 17.1 Å². The summed E-state index contributed by atoms with van der Waals surface area (Å²) in [6.07, 6.45) is 0. The molecular weight excluding hydrogens is 687 g/mol. The van der Waals surface area contributed by atoms with Gasteiger partial charge in [0.2, 0.25) is 0 Å². The number of nitrogens with zero attached hydrogens (tertiary/aromatic N) is 1. The Morgan fingerprint density at radius 3 is 1.44 bits per heavy atom. The van der Waals surface area contributed by atoms with Crippen LogP contribution in [-0.4, -0.2) is 0 Å². The number of hydrogen-bond donors (Lipinski definition) is 0. The smallest absolute Gasteiger partial charge is 0.0546 e. The van der Waals surface area contributed by atoms with Crippen LogP contribution in [0.5, 0.6) is 0 Å². The van der Waals surface area contributed by atoms with E-state index in [1.807, 2.05) is 0 Å². The third-order valence-corrected chi connectivity index (χ3v) is 11.6. The highest BCUT2D eigenvalue weighted by atomic mass is 15.1. The van der Waals surface area contributed by atoms with E-state index < -0.39 is 0 Å². The molecule has 0 saturated carbocycles. The van der Waals surface area contributed by atoms with Crippen molar-refractivity contribution in [3.63, 3.8) is 0 Å². The molecule has 0 aliphatic heterocycles. The molecule has 0 aromatic heterocycles. The zero-order valence-corrected chi connectivity index (χ0v) is 31.3. The van der Waals surface area contributed by atoms with Crippen LogP contribution >= 0.6 is 0 Å². The number of anilines is 3. The molecule has 0 aliphatic carbocycles. The van der Waals surface area contributed by atoms with Crippen molar-refractivity contribution in [3.05, 3.63) is 224 Å². The van der Waals surface area contributed by atoms with E-state index >= 15 is 0 Å². The number of hydrogen-bond acceptors (Lipinski definition) is 1. The van der Waals surface area contributed by atoms with Crippen molar-refractivity contribution in [2.75, 3.05) is 4.90 Å². The first-order chi connectivity index (χ1) is 28.3. The van der Waals surface area contributed by atoms with Gasteiger partial charge in [-0.1, -0.05) is 188 Å². The van der Waals surface area contributed by atoms with Crippen molar-refractivity contribution in [3.8, 4) is 33.4 Å². The van der Waals surface area contributed by atoms with Crippen molar-refractivity contribution in [2.45, 2.75) is 0 Å². The molecule has 0 amide bonds. The van der Waals surface area contributed by atoms with Crippen LogP contribution in [0.15, 0.2) is 224 Å². The molecule has 1 nitrogen and oxygen atoms in total. The van der Waals surface area contributed by atoms with Gasteiger partial charge in [0.1, 0.15) is 0 Å². The molecule has 11 aromatic rings. The topological polar surface area (TPSA) is 3.24 Å². The lowest BCUT2D eigenvalue weighted by molar-refractivity contribution is 1.30. The molecule has 0 N–H and O–H groups in total. The van der Waals surface area contributed by atoms with Crippen LogP contribution in [0.2, 0.25) is 0 Å². The van der Waals surface area contributed by atoms with Gasteiger partial charge in [-0.2, -0.15) is 0 Å². The van der Waals surface area contributed by atoms with Crippen molar-refractivity contribution in [2.24, 2.45) is 0 Å². The average molecular weight is 724 g/mol. The molecule has 11 rings (SSSR count). The maximum atomic E-state index is 2.43. The Balaban J connectivity index is 1.08. The monoisotopic (exact) mass is 723 g/mol. The predicted molar refractivity (Wildman–Crippen MR) is 245 cm³/mol. The van der Waals surface area contributed by atoms with Gasteiger partial charge >= 0.3 is 0 Å². The zero-order valence-electron chi connectivity index (χ0n) is 31.3. The summed E-state index contributed by atoms with van der Waals surface area (Å²) in [5.41, 5.74) is 10.6. The highest BCUT2D eigenvalue weighted by Crippen LogP contribution is 2.44. The van der Waals surface area contributed by atoms with Crippen LogP contribution in [0.3, 0.4) is 0 Å². The minimum absolute atomic E-state index is 1.11. The Bertz CT molecular complexity index is 3240. The zero-order chi connectivity index (χ0) is 37.7. The molecular formula is C56H37N. The standard InChI is InChI=1S/C56H37N/c1-2-15-38(16-3-1)39-31-33-44(34-32-39)57(55-37-43-17-4-5-22-46(43)48-23-8-10-27-52(48)55)45-21-13-19-41(36-45)40-18-12-20-42(35-40)47-29-14-30-54-51-25-7-6-24-49(51)50-26-9-11-28-53(50)56(47)54/h1-37H. The van der Waals surface area contributed by atoms with E-state index in [-0.39, 0.29) is 0 Å². The molecule has 0 spiro atoms. The van der Waals surface area contributed by atoms with Gasteiger partial charge in [0, 0.05) is 16.8 Å². The molecule has 0 fully saturated rings. The van der Waals surface area contributed by atoms with Crippen LogP contribution in [0, 0.1) is 0 Å². The summed E-state index contributed by atoms with van der Waals surface area (Å²) in [7, 11) is 0. The Morgan fingerprint density at radius 2 is 0.719 bits per heavy atom. The van der Waals surface area contributed by atoms with Crippen LogP contribution in [0.25, 0.3) is 87.2 Å². The predicted octanol–water partition coefficient (Wildman–Crippen LogP) is 15.9. The summed E-state index contributed by atoms with van der Waals surface area (Å²) in [4.78, 5) is 2.43. The van der Waals surface area contributed by atoms with Gasteiger partial charge in [-0.3, -0.25) is 0 Å². The lowest BCUT2D eigenvalue weighted by Crippen LogP contribution is -2.10. The number of rotatable bonds is 6. The minimum atomic E-state index is 1.11. The summed E-state index contributed by atoms with van der Waals surface area (Å²) in [5.74, 6) is 0. The fourth-order valence-corrected chi connectivity index (χ4v) is 8.97. The molecule has 266 valence electrons. The van der Waals surface area contributed by atoms with E-state index in [2.05, 4.69) is 229 Å². The second-order valence-electron chi connectivity index (χ2n) is 14.9. The van der Waals surface area contributed by atoms with Gasteiger partial charge in [0.05, 0.1) is 5.69 Å². The SMILES string of the molecule is c1ccc(-c2ccc(N(c3cccc(-c4cccc(-c5cccc6c7ccccc7c7ccccc7c56)c4)c3)c3cc4ccccc4c4ccccc34)cc2)cc1. The van der Waals surface area contributed by atoms with Crippen LogP contribution in [-0.2, 0) is 0 Å². The second kappa shape index (κ2) is 13.7. The van der Waals surface area contributed by atoms with Crippen LogP contribution in [0.1, 0.15) is 0 Å². The molecule has 0 aliphatic rings. The summed E-state index contributed by atoms with van der Waals surface area (Å²) in [5, 5.41) is 12.7. The first kappa shape index (κ1) is 32.9. The number of fused-ring (bicyclic) bond motifs is 9. The molecule has 57 heavy (non-hydrogen) atoms. The summed E-state index contributed by atoms with van der Waals surface area (Å²) >= 11 is 0. The Morgan fingerprint density at radius 1 is 0.246 bits per heavy atom. The van der Waals surface area contributed by atoms with Crippen molar-refractivity contribution in [1.29, 1.82) is 0 Å². The lowest BCUT2D eigenvalue weighted by atomic mass is 9.89. The van der Waals surface area contributed by atoms with Gasteiger partial charge < -0.3 is 4.90 Å². The maximum absolute atomic E-state index is 2.43. The lowest BCUT2D eigenvalue weighted by Gasteiger charge is -2.28. The van der Waals surface area contributed by atoms with Crippen LogP contribution in [0.4, 0.5) is 17.1 Å². The van der Waals surface area contributed by atoms with Gasteiger partial charge in [-0.05, 0) is 118 Å². The summed E-state index contributed by atoms with van der Waals surface area (Å²) in [6.45, 7) is 0. The molecule has 11 aromatic carbocycles. The fraction of sp³-hybridized carbons (Fsp3) is 0. The molecule has 0 unspecified atom stereocenters. The van der Waals surface area contributed by atoms with E-state index in [9.17, 15) is 0 Å². The molecule has 0 bridgehead atoms. The first-order valence-corrected chi connectivity index (χ1v) is 19.7. The quantitative estimate of drug-likeness (QED) is 0.154. The van der Waals surface area contributed by atoms with E-state index in [1.165, 1.54) is 87.2 Å². The molecule has 0 saturated heterocycles. The maximum Gasteiger partial charge on any atom is 0.0546 e. The fourth-order valence-electron chi connectivity index (χ4n) is 8.97. The normalized spacial score (nSPS) is 11.5. The highest BCUT2D eigenvalue weighted by molar-refractivity contribution is 6.28. The van der Waals surface area contributed by atoms with Crippen molar-refractivity contribution >= 4 is 70.9 Å². The van der Waals surface area contributed by atoms with Gasteiger partial charge in [-0.15, -0.1) is 0 Å². The van der Waals surface area contributed by atoms with E-state index in [1.54, 1.807) is 0 Å². The molecule has 1 heteroatoms. The Hall–Kier alpha value is -7.48. The van der Waals surface area contributed by atoms with Gasteiger partial charge in [-0.25, -0.2) is 0 Å². The van der Waals surface area contributed by atoms with Gasteiger partial charge in [0.15, 0.2) is 0 Å². The largest absolute Gasteiger partial charge is 0.310 e. The van der Waals surface area contributed by atoms with Gasteiger partial charge in [0.25, 0.3) is 0 Å². The van der Waals surface area contributed by atoms with Crippen LogP contribution < -0.4 is 4.90 Å². The Kier molecular flexibility index (Phi) is 7.89. The van der Waals surface area contributed by atoms with E-state index in [4.69, 9.17) is 0 Å². The minimum Gasteiger partial charge on any atom is -0.310 e. The third-order valence-electron chi connectivity index (χ3n) is 11.6. The summed E-state index contributed by atoms with van der Waals surface area (Å²) < 4.78 is 0.